The van der Waals surface area contributed by atoms with Crippen molar-refractivity contribution in [2.75, 3.05) is 13.7 Å². The Kier molecular flexibility index (Phi) is 4.48. The van der Waals surface area contributed by atoms with Crippen LogP contribution in [0.25, 0.3) is 22.4 Å². The van der Waals surface area contributed by atoms with Crippen molar-refractivity contribution in [3.63, 3.8) is 0 Å². The minimum atomic E-state index is -1.49. The van der Waals surface area contributed by atoms with Gasteiger partial charge in [-0.15, -0.1) is 0 Å². The lowest BCUT2D eigenvalue weighted by atomic mass is 9.95. The maximum absolute atomic E-state index is 13.2. The van der Waals surface area contributed by atoms with Gasteiger partial charge in [0.15, 0.2) is 17.5 Å². The van der Waals surface area contributed by atoms with E-state index in [0.29, 0.717) is 29.0 Å². The van der Waals surface area contributed by atoms with E-state index in [9.17, 15) is 14.7 Å². The number of fused-ring (bicyclic) bond motifs is 2. The molecule has 2 amide bonds. The van der Waals surface area contributed by atoms with Crippen LogP contribution in [-0.2, 0) is 16.9 Å². The SMILES string of the molecule is COc1ccc2c(c1)C(=O)N(CC1(c3cc4nc(-c5cc[nH]c5)ccc4o3)NC(O)NC1=O)C2. The molecule has 10 nitrogen and oxygen atoms in total. The number of hydrogen-bond donors (Lipinski definition) is 4. The average Bonchev–Trinajstić information content (AvgIpc) is 3.61. The molecule has 2 atom stereocenters. The van der Waals surface area contributed by atoms with E-state index in [1.165, 1.54) is 0 Å². The van der Waals surface area contributed by atoms with Gasteiger partial charge < -0.3 is 29.5 Å². The number of amides is 2. The summed E-state index contributed by atoms with van der Waals surface area (Å²) in [6, 6.07) is 12.5. The molecule has 172 valence electrons. The Morgan fingerprint density at radius 2 is 2.12 bits per heavy atom. The number of nitrogens with one attached hydrogen (secondary N) is 3. The monoisotopic (exact) mass is 459 g/mol. The lowest BCUT2D eigenvalue weighted by Crippen LogP contribution is -2.53. The van der Waals surface area contributed by atoms with Gasteiger partial charge in [0, 0.05) is 36.1 Å². The van der Waals surface area contributed by atoms with Crippen LogP contribution in [0.1, 0.15) is 21.7 Å². The molecule has 5 heterocycles. The number of aromatic amines is 1. The molecule has 1 aromatic carbocycles. The summed E-state index contributed by atoms with van der Waals surface area (Å²) >= 11 is 0. The summed E-state index contributed by atoms with van der Waals surface area (Å²) in [6.45, 7) is 0.275. The summed E-state index contributed by atoms with van der Waals surface area (Å²) in [5.41, 5.74) is 2.59. The highest BCUT2D eigenvalue weighted by Gasteiger charge is 2.52. The number of carbonyl (C=O) groups is 2. The van der Waals surface area contributed by atoms with Crippen molar-refractivity contribution < 1.29 is 23.8 Å². The van der Waals surface area contributed by atoms with Crippen molar-refractivity contribution >= 4 is 22.9 Å². The van der Waals surface area contributed by atoms with E-state index in [2.05, 4.69) is 20.6 Å². The standard InChI is InChI=1S/C24H21N5O5/c1-33-15-3-2-14-11-29(21(30)16(14)8-15)12-24(22(31)27-23(32)28-24)20-9-18-19(34-20)5-4-17(26-18)13-6-7-25-10-13/h2-10,23,25,28,32H,11-12H2,1H3,(H,27,31). The van der Waals surface area contributed by atoms with Gasteiger partial charge in [-0.05, 0) is 35.9 Å². The number of aliphatic hydroxyl groups excluding tert-OH is 1. The first-order valence-corrected chi connectivity index (χ1v) is 10.7. The quantitative estimate of drug-likeness (QED) is 0.357. The molecule has 34 heavy (non-hydrogen) atoms. The number of carbonyl (C=O) groups excluding carboxylic acids is 2. The molecule has 0 spiro atoms. The molecule has 4 N–H and O–H groups in total. The first kappa shape index (κ1) is 20.5. The maximum Gasteiger partial charge on any atom is 0.254 e. The molecule has 10 heteroatoms. The van der Waals surface area contributed by atoms with Crippen LogP contribution in [0, 0.1) is 0 Å². The highest BCUT2D eigenvalue weighted by molar-refractivity contribution is 6.00. The largest absolute Gasteiger partial charge is 0.497 e. The van der Waals surface area contributed by atoms with E-state index in [1.54, 1.807) is 36.3 Å². The van der Waals surface area contributed by atoms with E-state index in [0.717, 1.165) is 16.8 Å². The first-order valence-electron chi connectivity index (χ1n) is 10.7. The molecule has 4 aromatic rings. The second-order valence-corrected chi connectivity index (χ2v) is 8.40. The van der Waals surface area contributed by atoms with Crippen molar-refractivity contribution in [2.24, 2.45) is 0 Å². The molecule has 1 saturated heterocycles. The molecule has 0 radical (unpaired) electrons. The number of hydrogen-bond acceptors (Lipinski definition) is 7. The Labute approximate surface area is 193 Å². The summed E-state index contributed by atoms with van der Waals surface area (Å²) in [6.07, 6.45) is 2.36. The van der Waals surface area contributed by atoms with E-state index in [4.69, 9.17) is 9.15 Å². The fourth-order valence-corrected chi connectivity index (χ4v) is 4.62. The molecule has 0 bridgehead atoms. The first-order chi connectivity index (χ1) is 16.5. The van der Waals surface area contributed by atoms with Crippen LogP contribution in [-0.4, -0.2) is 51.8 Å². The van der Waals surface area contributed by atoms with E-state index < -0.39 is 17.8 Å². The van der Waals surface area contributed by atoms with Crippen LogP contribution in [0.5, 0.6) is 5.75 Å². The number of benzene rings is 1. The topological polar surface area (TPSA) is 133 Å². The van der Waals surface area contributed by atoms with Gasteiger partial charge >= 0.3 is 0 Å². The number of aliphatic hydroxyl groups is 1. The van der Waals surface area contributed by atoms with Gasteiger partial charge in [0.1, 0.15) is 17.0 Å². The number of furan rings is 1. The highest BCUT2D eigenvalue weighted by Crippen LogP contribution is 2.35. The number of H-pyrrole nitrogens is 1. The van der Waals surface area contributed by atoms with Gasteiger partial charge in [0.25, 0.3) is 11.8 Å². The normalized spacial score (nSPS) is 21.8. The highest BCUT2D eigenvalue weighted by atomic mass is 16.5. The van der Waals surface area contributed by atoms with Crippen LogP contribution in [0.2, 0.25) is 0 Å². The van der Waals surface area contributed by atoms with E-state index >= 15 is 0 Å². The Morgan fingerprint density at radius 3 is 2.85 bits per heavy atom. The smallest absolute Gasteiger partial charge is 0.254 e. The Balaban J connectivity index is 1.38. The fraction of sp³-hybridized carbons (Fsp3) is 0.208. The van der Waals surface area contributed by atoms with Crippen molar-refractivity contribution in [3.8, 4) is 17.0 Å². The maximum atomic E-state index is 13.2. The third-order valence-corrected chi connectivity index (χ3v) is 6.35. The number of nitrogens with zero attached hydrogens (tertiary/aromatic N) is 2. The van der Waals surface area contributed by atoms with E-state index in [-0.39, 0.29) is 18.2 Å². The van der Waals surface area contributed by atoms with Crippen LogP contribution < -0.4 is 15.4 Å². The molecule has 1 fully saturated rings. The number of pyridine rings is 1. The second kappa shape index (κ2) is 7.44. The summed E-state index contributed by atoms with van der Waals surface area (Å²) in [7, 11) is 1.54. The van der Waals surface area contributed by atoms with Gasteiger partial charge in [0.2, 0.25) is 0 Å². The lowest BCUT2D eigenvalue weighted by molar-refractivity contribution is -0.125. The zero-order valence-corrected chi connectivity index (χ0v) is 18.2. The number of rotatable bonds is 5. The van der Waals surface area contributed by atoms with Gasteiger partial charge in [-0.1, -0.05) is 6.07 Å². The average molecular weight is 459 g/mol. The van der Waals surface area contributed by atoms with Crippen molar-refractivity contribution in [2.45, 2.75) is 18.4 Å². The van der Waals surface area contributed by atoms with Crippen LogP contribution in [0.3, 0.4) is 0 Å². The molecule has 2 aliphatic rings. The van der Waals surface area contributed by atoms with Crippen molar-refractivity contribution in [1.82, 2.24) is 25.5 Å². The summed E-state index contributed by atoms with van der Waals surface area (Å²) in [5.74, 6) is 0.119. The summed E-state index contributed by atoms with van der Waals surface area (Å²) < 4.78 is 11.3. The van der Waals surface area contributed by atoms with Gasteiger partial charge in [0.05, 0.1) is 19.3 Å². The minimum absolute atomic E-state index is 0.0454. The minimum Gasteiger partial charge on any atom is -0.497 e. The number of aromatic nitrogens is 2. The third kappa shape index (κ3) is 3.07. The zero-order valence-electron chi connectivity index (χ0n) is 18.2. The summed E-state index contributed by atoms with van der Waals surface area (Å²) in [5, 5.41) is 15.6. The Morgan fingerprint density at radius 1 is 1.24 bits per heavy atom. The van der Waals surface area contributed by atoms with Crippen LogP contribution in [0.15, 0.2) is 59.3 Å². The Hall–Kier alpha value is -4.15. The third-order valence-electron chi connectivity index (χ3n) is 6.35. The predicted molar refractivity (Wildman–Crippen MR) is 120 cm³/mol. The lowest BCUT2D eigenvalue weighted by Gasteiger charge is -2.29. The molecule has 6 rings (SSSR count). The fourth-order valence-electron chi connectivity index (χ4n) is 4.62. The summed E-state index contributed by atoms with van der Waals surface area (Å²) in [4.78, 5) is 35.5. The van der Waals surface area contributed by atoms with Gasteiger partial charge in [-0.25, -0.2) is 4.98 Å². The van der Waals surface area contributed by atoms with Crippen LogP contribution in [0.4, 0.5) is 0 Å². The van der Waals surface area contributed by atoms with Crippen molar-refractivity contribution in [3.05, 3.63) is 71.7 Å². The molecule has 0 saturated carbocycles. The molecule has 3 aromatic heterocycles. The van der Waals surface area contributed by atoms with Gasteiger partial charge in [-0.3, -0.25) is 14.9 Å². The Bertz CT molecular complexity index is 1430. The second-order valence-electron chi connectivity index (χ2n) is 8.40. The zero-order chi connectivity index (χ0) is 23.4. The molecule has 0 aliphatic carbocycles. The number of methoxy groups -OCH3 is 1. The predicted octanol–water partition coefficient (Wildman–Crippen LogP) is 1.68. The molecular weight excluding hydrogens is 438 g/mol. The molecule has 2 unspecified atom stereocenters. The molecule has 2 aliphatic heterocycles. The van der Waals surface area contributed by atoms with Gasteiger partial charge in [-0.2, -0.15) is 0 Å². The number of ether oxygens (including phenoxy) is 1. The van der Waals surface area contributed by atoms with Crippen molar-refractivity contribution in [1.29, 1.82) is 0 Å². The van der Waals surface area contributed by atoms with Crippen LogP contribution >= 0.6 is 0 Å². The van der Waals surface area contributed by atoms with E-state index in [1.807, 2.05) is 30.6 Å². The molecular formula is C24H21N5O5.